The van der Waals surface area contributed by atoms with Crippen LogP contribution in [0.3, 0.4) is 0 Å². The zero-order chi connectivity index (χ0) is 16.6. The Morgan fingerprint density at radius 3 is 2.50 bits per heavy atom. The minimum atomic E-state index is -3.14. The van der Waals surface area contributed by atoms with Crippen molar-refractivity contribution in [2.24, 2.45) is 0 Å². The van der Waals surface area contributed by atoms with Crippen LogP contribution in [0.5, 0.6) is 0 Å². The van der Waals surface area contributed by atoms with Gasteiger partial charge in [-0.1, -0.05) is 13.3 Å². The fourth-order valence-corrected chi connectivity index (χ4v) is 6.50. The second kappa shape index (κ2) is 9.65. The first-order valence-corrected chi connectivity index (χ1v) is 11.3. The molecule has 0 aliphatic carbocycles. The SMILES string of the molecule is CCCC(C)OP(=O)(OC(C)(C)C)SCCN1CCOCC1. The maximum Gasteiger partial charge on any atom is 0.389 e. The Bertz CT molecular complexity index is 356. The molecule has 2 unspecified atom stereocenters. The van der Waals surface area contributed by atoms with E-state index in [0.717, 1.165) is 51.4 Å². The predicted octanol–water partition coefficient (Wildman–Crippen LogP) is 4.18. The average Bonchev–Trinajstić information content (AvgIpc) is 2.37. The molecule has 22 heavy (non-hydrogen) atoms. The zero-order valence-corrected chi connectivity index (χ0v) is 16.4. The summed E-state index contributed by atoms with van der Waals surface area (Å²) in [5, 5.41) is 0. The van der Waals surface area contributed by atoms with Crippen LogP contribution in [0.4, 0.5) is 0 Å². The van der Waals surface area contributed by atoms with Crippen LogP contribution in [0, 0.1) is 0 Å². The van der Waals surface area contributed by atoms with Crippen molar-refractivity contribution in [3.05, 3.63) is 0 Å². The van der Waals surface area contributed by atoms with E-state index >= 15 is 0 Å². The quantitative estimate of drug-likeness (QED) is 0.580. The molecule has 0 aromatic rings. The molecule has 1 aliphatic heterocycles. The molecular weight excluding hydrogens is 321 g/mol. The highest BCUT2D eigenvalue weighted by Gasteiger charge is 2.33. The Labute approximate surface area is 139 Å². The van der Waals surface area contributed by atoms with E-state index in [9.17, 15) is 4.57 Å². The molecule has 7 heteroatoms. The van der Waals surface area contributed by atoms with Crippen LogP contribution in [-0.2, 0) is 18.3 Å². The monoisotopic (exact) mass is 353 g/mol. The molecule has 1 saturated heterocycles. The van der Waals surface area contributed by atoms with Gasteiger partial charge in [-0.15, -0.1) is 0 Å². The lowest BCUT2D eigenvalue weighted by Gasteiger charge is -2.30. The minimum Gasteiger partial charge on any atom is -0.379 e. The molecule has 0 bridgehead atoms. The second-order valence-corrected chi connectivity index (χ2v) is 10.7. The Balaban J connectivity index is 2.51. The van der Waals surface area contributed by atoms with Gasteiger partial charge >= 0.3 is 6.80 Å². The normalized spacial score (nSPS) is 21.5. The Morgan fingerprint density at radius 1 is 1.32 bits per heavy atom. The smallest absolute Gasteiger partial charge is 0.379 e. The van der Waals surface area contributed by atoms with E-state index in [1.54, 1.807) is 0 Å². The van der Waals surface area contributed by atoms with Gasteiger partial charge in [-0.3, -0.25) is 13.9 Å². The van der Waals surface area contributed by atoms with Gasteiger partial charge in [0.2, 0.25) is 0 Å². The van der Waals surface area contributed by atoms with Crippen molar-refractivity contribution in [2.75, 3.05) is 38.6 Å². The molecule has 1 aliphatic rings. The molecule has 0 N–H and O–H groups in total. The number of ether oxygens (including phenoxy) is 1. The molecule has 0 amide bonds. The standard InChI is InChI=1S/C15H32NO4PS/c1-6-7-14(2)19-21(17,20-15(3,4)5)22-13-10-16-8-11-18-12-9-16/h14H,6-13H2,1-5H3. The molecule has 132 valence electrons. The number of rotatable bonds is 9. The largest absolute Gasteiger partial charge is 0.389 e. The molecule has 0 aromatic carbocycles. The number of hydrogen-bond acceptors (Lipinski definition) is 6. The molecule has 0 spiro atoms. The van der Waals surface area contributed by atoms with E-state index in [-0.39, 0.29) is 6.10 Å². The van der Waals surface area contributed by atoms with Crippen molar-refractivity contribution in [2.45, 2.75) is 59.2 Å². The highest BCUT2D eigenvalue weighted by atomic mass is 32.7. The van der Waals surface area contributed by atoms with Crippen LogP contribution in [0.25, 0.3) is 0 Å². The van der Waals surface area contributed by atoms with Crippen molar-refractivity contribution in [1.82, 2.24) is 4.90 Å². The molecule has 5 nitrogen and oxygen atoms in total. The van der Waals surface area contributed by atoms with Crippen LogP contribution in [0.2, 0.25) is 0 Å². The van der Waals surface area contributed by atoms with E-state index in [0.29, 0.717) is 0 Å². The van der Waals surface area contributed by atoms with Crippen LogP contribution >= 0.6 is 18.2 Å². The Hall–Kier alpha value is 0.420. The van der Waals surface area contributed by atoms with E-state index in [1.165, 1.54) is 11.4 Å². The summed E-state index contributed by atoms with van der Waals surface area (Å²) in [5.74, 6) is 0.742. The molecule has 0 aromatic heterocycles. The van der Waals surface area contributed by atoms with Gasteiger partial charge in [-0.2, -0.15) is 0 Å². The van der Waals surface area contributed by atoms with Gasteiger partial charge < -0.3 is 4.74 Å². The lowest BCUT2D eigenvalue weighted by Crippen LogP contribution is -2.37. The zero-order valence-electron chi connectivity index (χ0n) is 14.7. The van der Waals surface area contributed by atoms with Gasteiger partial charge in [0.05, 0.1) is 24.9 Å². The van der Waals surface area contributed by atoms with E-state index in [2.05, 4.69) is 11.8 Å². The Morgan fingerprint density at radius 2 is 1.95 bits per heavy atom. The van der Waals surface area contributed by atoms with Crippen molar-refractivity contribution in [3.63, 3.8) is 0 Å². The molecule has 2 atom stereocenters. The summed E-state index contributed by atoms with van der Waals surface area (Å²) >= 11 is 1.33. The number of morpholine rings is 1. The van der Waals surface area contributed by atoms with Gasteiger partial charge in [0.1, 0.15) is 0 Å². The first kappa shape index (κ1) is 20.5. The lowest BCUT2D eigenvalue weighted by molar-refractivity contribution is 0.0410. The van der Waals surface area contributed by atoms with Gasteiger partial charge in [-0.25, -0.2) is 4.57 Å². The topological polar surface area (TPSA) is 48.0 Å². The lowest BCUT2D eigenvalue weighted by atomic mass is 10.2. The molecule has 1 fully saturated rings. The molecule has 1 rings (SSSR count). The van der Waals surface area contributed by atoms with Gasteiger partial charge in [-0.05, 0) is 45.5 Å². The maximum atomic E-state index is 13.0. The fraction of sp³-hybridized carbons (Fsp3) is 1.00. The summed E-state index contributed by atoms with van der Waals surface area (Å²) in [6.45, 7) is 11.0. The first-order valence-electron chi connectivity index (χ1n) is 8.18. The highest BCUT2D eigenvalue weighted by Crippen LogP contribution is 2.63. The van der Waals surface area contributed by atoms with Crippen molar-refractivity contribution >= 4 is 18.2 Å². The summed E-state index contributed by atoms with van der Waals surface area (Å²) in [7, 11) is 0. The van der Waals surface area contributed by atoms with Gasteiger partial charge in [0.15, 0.2) is 0 Å². The van der Waals surface area contributed by atoms with Crippen LogP contribution in [0.15, 0.2) is 0 Å². The van der Waals surface area contributed by atoms with Crippen LogP contribution in [-0.4, -0.2) is 55.2 Å². The van der Waals surface area contributed by atoms with Crippen molar-refractivity contribution in [1.29, 1.82) is 0 Å². The number of hydrogen-bond donors (Lipinski definition) is 0. The fourth-order valence-electron chi connectivity index (χ4n) is 2.20. The summed E-state index contributed by atoms with van der Waals surface area (Å²) in [6, 6.07) is 0. The summed E-state index contributed by atoms with van der Waals surface area (Å²) in [5.41, 5.74) is -0.479. The molecular formula is C15H32NO4PS. The third kappa shape index (κ3) is 8.90. The van der Waals surface area contributed by atoms with Gasteiger partial charge in [0.25, 0.3) is 0 Å². The molecule has 0 radical (unpaired) electrons. The van der Waals surface area contributed by atoms with E-state index in [1.807, 2.05) is 27.7 Å². The van der Waals surface area contributed by atoms with Gasteiger partial charge in [0, 0.05) is 25.4 Å². The van der Waals surface area contributed by atoms with E-state index < -0.39 is 12.4 Å². The van der Waals surface area contributed by atoms with Crippen LogP contribution < -0.4 is 0 Å². The average molecular weight is 353 g/mol. The summed E-state index contributed by atoms with van der Waals surface area (Å²) < 4.78 is 30.0. The highest BCUT2D eigenvalue weighted by molar-refractivity contribution is 8.55. The third-order valence-corrected chi connectivity index (χ3v) is 7.20. The number of nitrogens with zero attached hydrogens (tertiary/aromatic N) is 1. The minimum absolute atomic E-state index is 0.0472. The Kier molecular flexibility index (Phi) is 8.98. The molecule has 0 saturated carbocycles. The first-order chi connectivity index (χ1) is 10.2. The second-order valence-electron chi connectivity index (χ2n) is 6.64. The summed E-state index contributed by atoms with van der Waals surface area (Å²) in [4.78, 5) is 2.33. The predicted molar refractivity (Wildman–Crippen MR) is 93.6 cm³/mol. The maximum absolute atomic E-state index is 13.0. The van der Waals surface area contributed by atoms with Crippen molar-refractivity contribution < 1.29 is 18.3 Å². The molecule has 1 heterocycles. The van der Waals surface area contributed by atoms with Crippen molar-refractivity contribution in [3.8, 4) is 0 Å². The summed E-state index contributed by atoms with van der Waals surface area (Å²) in [6.07, 6.45) is 1.85. The van der Waals surface area contributed by atoms with Crippen LogP contribution in [0.1, 0.15) is 47.5 Å². The van der Waals surface area contributed by atoms with E-state index in [4.69, 9.17) is 13.8 Å². The third-order valence-electron chi connectivity index (χ3n) is 3.15.